The number of fused-ring (bicyclic) bond motifs is 1. The molecule has 43 heavy (non-hydrogen) atoms. The number of hydrogen-bond donors (Lipinski definition) is 1. The van der Waals surface area contributed by atoms with Crippen molar-refractivity contribution in [3.05, 3.63) is 65.4 Å². The van der Waals surface area contributed by atoms with Crippen molar-refractivity contribution in [1.29, 1.82) is 0 Å². The van der Waals surface area contributed by atoms with E-state index in [9.17, 15) is 19.2 Å². The zero-order chi connectivity index (χ0) is 30.9. The molecule has 1 saturated heterocycles. The van der Waals surface area contributed by atoms with Crippen LogP contribution in [0, 0.1) is 0 Å². The molecule has 1 aromatic heterocycles. The fraction of sp³-hybridized carbons (Fsp3) is 0.387. The molecule has 3 amide bonds. The number of hydrogen-bond acceptors (Lipinski definition) is 9. The normalized spacial score (nSPS) is 13.7. The monoisotopic (exact) mass is 592 g/mol. The molecular formula is C31H36N4O8. The van der Waals surface area contributed by atoms with Gasteiger partial charge >= 0.3 is 12.1 Å². The van der Waals surface area contributed by atoms with Crippen molar-refractivity contribution in [3.63, 3.8) is 0 Å². The number of primary amides is 1. The average molecular weight is 593 g/mol. The topological polar surface area (TPSA) is 151 Å². The number of benzene rings is 2. The van der Waals surface area contributed by atoms with Gasteiger partial charge < -0.3 is 34.5 Å². The molecule has 2 N–H and O–H groups in total. The van der Waals surface area contributed by atoms with E-state index >= 15 is 0 Å². The van der Waals surface area contributed by atoms with Gasteiger partial charge in [0.05, 0.1) is 37.5 Å². The summed E-state index contributed by atoms with van der Waals surface area (Å²) in [6.07, 6.45) is -0.287. The minimum atomic E-state index is -0.935. The average Bonchev–Trinajstić information content (AvgIpc) is 3.01. The highest BCUT2D eigenvalue weighted by atomic mass is 16.6. The Morgan fingerprint density at radius 3 is 2.30 bits per heavy atom. The quantitative estimate of drug-likeness (QED) is 0.332. The van der Waals surface area contributed by atoms with Gasteiger partial charge in [0, 0.05) is 31.6 Å². The number of nitrogens with two attached hydrogens (primary N) is 1. The third-order valence-electron chi connectivity index (χ3n) is 7.07. The highest BCUT2D eigenvalue weighted by Gasteiger charge is 2.35. The lowest BCUT2D eigenvalue weighted by Crippen LogP contribution is -2.52. The van der Waals surface area contributed by atoms with Crippen LogP contribution in [0.3, 0.4) is 0 Å². The second-order valence-electron chi connectivity index (χ2n) is 9.80. The Morgan fingerprint density at radius 1 is 0.930 bits per heavy atom. The van der Waals surface area contributed by atoms with Crippen molar-refractivity contribution in [2.24, 2.45) is 5.73 Å². The van der Waals surface area contributed by atoms with Crippen molar-refractivity contribution in [3.8, 4) is 11.5 Å². The van der Waals surface area contributed by atoms with Crippen LogP contribution in [0.15, 0.2) is 48.5 Å². The van der Waals surface area contributed by atoms with Crippen molar-refractivity contribution in [1.82, 2.24) is 14.8 Å². The first-order valence-electron chi connectivity index (χ1n) is 14.1. The maximum absolute atomic E-state index is 14.3. The maximum Gasteiger partial charge on any atom is 0.409 e. The zero-order valence-corrected chi connectivity index (χ0v) is 24.5. The van der Waals surface area contributed by atoms with Crippen LogP contribution in [-0.2, 0) is 25.5 Å². The molecular weight excluding hydrogens is 556 g/mol. The number of piperazine rings is 1. The number of pyridine rings is 1. The van der Waals surface area contributed by atoms with Crippen LogP contribution >= 0.6 is 0 Å². The van der Waals surface area contributed by atoms with Crippen LogP contribution in [0.4, 0.5) is 4.79 Å². The molecule has 1 unspecified atom stereocenters. The van der Waals surface area contributed by atoms with Gasteiger partial charge in [-0.25, -0.2) is 9.59 Å². The Kier molecular flexibility index (Phi) is 10.4. The second-order valence-corrected chi connectivity index (χ2v) is 9.80. The summed E-state index contributed by atoms with van der Waals surface area (Å²) in [4.78, 5) is 59.2. The van der Waals surface area contributed by atoms with Crippen LogP contribution in [-0.4, -0.2) is 91.8 Å². The molecule has 3 aromatic rings. The molecule has 1 atom stereocenters. The SMILES string of the molecule is CCOC(=O)COc1cccc(CC(C(=O)N2CCN(C(=O)OCC)CC2)c2nc3ccccc3c(OC)c2C(N)=O)c1. The van der Waals surface area contributed by atoms with Gasteiger partial charge in [-0.2, -0.15) is 0 Å². The Labute approximate surface area is 249 Å². The summed E-state index contributed by atoms with van der Waals surface area (Å²) in [6.45, 7) is 4.82. The first-order chi connectivity index (χ1) is 20.8. The van der Waals surface area contributed by atoms with Gasteiger partial charge in [0.15, 0.2) is 6.61 Å². The van der Waals surface area contributed by atoms with Gasteiger partial charge in [0.1, 0.15) is 17.1 Å². The number of ether oxygens (including phenoxy) is 4. The van der Waals surface area contributed by atoms with Gasteiger partial charge in [0.2, 0.25) is 5.91 Å². The van der Waals surface area contributed by atoms with Crippen LogP contribution < -0.4 is 15.2 Å². The summed E-state index contributed by atoms with van der Waals surface area (Å²) in [7, 11) is 1.44. The van der Waals surface area contributed by atoms with E-state index in [0.29, 0.717) is 35.3 Å². The molecule has 1 aliphatic rings. The summed E-state index contributed by atoms with van der Waals surface area (Å²) in [6, 6.07) is 14.1. The van der Waals surface area contributed by atoms with Crippen molar-refractivity contribution >= 4 is 34.8 Å². The number of nitrogens with zero attached hydrogens (tertiary/aromatic N) is 3. The summed E-state index contributed by atoms with van der Waals surface area (Å²) in [5, 5.41) is 0.589. The predicted molar refractivity (Wildman–Crippen MR) is 157 cm³/mol. The Hall–Kier alpha value is -4.87. The molecule has 1 fully saturated rings. The summed E-state index contributed by atoms with van der Waals surface area (Å²) >= 11 is 0. The highest BCUT2D eigenvalue weighted by Crippen LogP contribution is 2.36. The second kappa shape index (κ2) is 14.3. The molecule has 0 spiro atoms. The van der Waals surface area contributed by atoms with Crippen LogP contribution in [0.1, 0.15) is 41.4 Å². The van der Waals surface area contributed by atoms with E-state index in [4.69, 9.17) is 29.7 Å². The molecule has 2 heterocycles. The smallest absolute Gasteiger partial charge is 0.409 e. The van der Waals surface area contributed by atoms with Gasteiger partial charge in [-0.1, -0.05) is 24.3 Å². The Morgan fingerprint density at radius 2 is 1.63 bits per heavy atom. The van der Waals surface area contributed by atoms with E-state index in [-0.39, 0.29) is 62.2 Å². The molecule has 0 saturated carbocycles. The number of aromatic nitrogens is 1. The number of esters is 1. The van der Waals surface area contributed by atoms with Gasteiger partial charge in [-0.3, -0.25) is 14.6 Å². The molecule has 228 valence electrons. The largest absolute Gasteiger partial charge is 0.495 e. The van der Waals surface area contributed by atoms with E-state index in [0.717, 1.165) is 0 Å². The first-order valence-corrected chi connectivity index (χ1v) is 14.1. The van der Waals surface area contributed by atoms with Crippen molar-refractivity contribution < 1.29 is 38.1 Å². The lowest BCUT2D eigenvalue weighted by atomic mass is 9.89. The molecule has 0 aliphatic carbocycles. The zero-order valence-electron chi connectivity index (χ0n) is 24.5. The molecule has 0 radical (unpaired) electrons. The number of carbonyl (C=O) groups is 4. The van der Waals surface area contributed by atoms with Gasteiger partial charge in [-0.05, 0) is 50.1 Å². The number of methoxy groups -OCH3 is 1. The molecule has 12 heteroatoms. The third-order valence-corrected chi connectivity index (χ3v) is 7.07. The highest BCUT2D eigenvalue weighted by molar-refractivity contribution is 6.04. The maximum atomic E-state index is 14.3. The Balaban J connectivity index is 1.72. The summed E-state index contributed by atoms with van der Waals surface area (Å²) < 4.78 is 21.3. The molecule has 1 aliphatic heterocycles. The van der Waals surface area contributed by atoms with E-state index in [1.54, 1.807) is 66.1 Å². The summed E-state index contributed by atoms with van der Waals surface area (Å²) in [5.74, 6) is -1.84. The first kappa shape index (κ1) is 31.1. The predicted octanol–water partition coefficient (Wildman–Crippen LogP) is 2.91. The van der Waals surface area contributed by atoms with E-state index < -0.39 is 23.9 Å². The number of para-hydroxylation sites is 1. The number of amides is 3. The van der Waals surface area contributed by atoms with Crippen LogP contribution in [0.25, 0.3) is 10.9 Å². The number of carbonyl (C=O) groups excluding carboxylic acids is 4. The van der Waals surface area contributed by atoms with Crippen LogP contribution in [0.2, 0.25) is 0 Å². The van der Waals surface area contributed by atoms with Gasteiger partial charge in [-0.15, -0.1) is 0 Å². The van der Waals surface area contributed by atoms with Crippen LogP contribution in [0.5, 0.6) is 11.5 Å². The molecule has 2 aromatic carbocycles. The van der Waals surface area contributed by atoms with Crippen molar-refractivity contribution in [2.75, 3.05) is 53.1 Å². The summed E-state index contributed by atoms with van der Waals surface area (Å²) in [5.41, 5.74) is 7.34. The standard InChI is InChI=1S/C31H36N4O8/c1-4-41-25(36)19-43-21-10-8-9-20(17-21)18-23(30(38)34-13-15-35(16-14-34)31(39)42-5-2)27-26(29(32)37)28(40-3)22-11-6-7-12-24(22)33-27/h6-12,17,23H,4-5,13-16,18-19H2,1-3H3,(H2,32,37). The van der Waals surface area contributed by atoms with E-state index in [1.807, 2.05) is 6.07 Å². The third kappa shape index (κ3) is 7.32. The fourth-order valence-electron chi connectivity index (χ4n) is 5.09. The Bertz CT molecular complexity index is 1490. The minimum Gasteiger partial charge on any atom is -0.495 e. The minimum absolute atomic E-state index is 0.0272. The van der Waals surface area contributed by atoms with Gasteiger partial charge in [0.25, 0.3) is 5.91 Å². The molecule has 0 bridgehead atoms. The van der Waals surface area contributed by atoms with E-state index in [1.165, 1.54) is 7.11 Å². The van der Waals surface area contributed by atoms with Crippen molar-refractivity contribution in [2.45, 2.75) is 26.2 Å². The van der Waals surface area contributed by atoms with E-state index in [2.05, 4.69) is 0 Å². The number of rotatable bonds is 11. The lowest BCUT2D eigenvalue weighted by Gasteiger charge is -2.36. The molecule has 12 nitrogen and oxygen atoms in total. The lowest BCUT2D eigenvalue weighted by molar-refractivity contribution is -0.145. The molecule has 4 rings (SSSR count). The fourth-order valence-corrected chi connectivity index (χ4v) is 5.09.